The highest BCUT2D eigenvalue weighted by Gasteiger charge is 2.70. The first-order valence-corrected chi connectivity index (χ1v) is 17.7. The number of nitrogens with one attached hydrogen (secondary N) is 2. The van der Waals surface area contributed by atoms with E-state index in [1.807, 2.05) is 19.1 Å². The van der Waals surface area contributed by atoms with Crippen molar-refractivity contribution < 1.29 is 32.3 Å². The molecule has 1 saturated heterocycles. The second kappa shape index (κ2) is 11.8. The Morgan fingerprint density at radius 3 is 2.49 bits per heavy atom. The number of rotatable bonds is 6. The van der Waals surface area contributed by atoms with Crippen molar-refractivity contribution in [3.05, 3.63) is 103 Å². The van der Waals surface area contributed by atoms with E-state index in [2.05, 4.69) is 10.3 Å². The monoisotopic (exact) mass is 725 g/mol. The molecule has 4 aliphatic rings. The zero-order valence-corrected chi connectivity index (χ0v) is 28.0. The number of hydrogen-bond acceptors (Lipinski definition) is 7. The number of thiazole rings is 1. The summed E-state index contributed by atoms with van der Waals surface area (Å²) in [4.78, 5) is 58.4. The van der Waals surface area contributed by atoms with E-state index >= 15 is 0 Å². The van der Waals surface area contributed by atoms with Crippen LogP contribution >= 0.6 is 34.7 Å². The zero-order chi connectivity index (χ0) is 34.4. The number of anilines is 2. The highest BCUT2D eigenvalue weighted by Crippen LogP contribution is 2.69. The van der Waals surface area contributed by atoms with E-state index < -0.39 is 42.0 Å². The smallest absolute Gasteiger partial charge is 0.416 e. The minimum atomic E-state index is -4.57. The number of thioether (sulfide) groups is 1. The number of hydrogen-bond donors (Lipinski definition) is 2. The van der Waals surface area contributed by atoms with Gasteiger partial charge in [0.05, 0.1) is 28.1 Å². The Morgan fingerprint density at radius 2 is 1.76 bits per heavy atom. The highest BCUT2D eigenvalue weighted by atomic mass is 35.5. The first-order chi connectivity index (χ1) is 23.4. The molecule has 7 atom stereocenters. The molecule has 2 aliphatic carbocycles. The molecule has 0 radical (unpaired) electrons. The van der Waals surface area contributed by atoms with Gasteiger partial charge in [0.25, 0.3) is 5.91 Å². The van der Waals surface area contributed by atoms with Crippen LogP contribution in [-0.4, -0.2) is 34.6 Å². The maximum Gasteiger partial charge on any atom is 0.416 e. The highest BCUT2D eigenvalue weighted by molar-refractivity contribution is 8.00. The predicted molar refractivity (Wildman–Crippen MR) is 179 cm³/mol. The summed E-state index contributed by atoms with van der Waals surface area (Å²) in [7, 11) is 0. The molecule has 2 bridgehead atoms. The van der Waals surface area contributed by atoms with Crippen molar-refractivity contribution in [3.63, 3.8) is 0 Å². The SMILES string of the molecule is Cc1ccc(N2C(=O)[C@H]3[C@H]4C[C@@H]([C@@H]3C2=O)[C@@H]2[C@H](c3cc(Cl)ccc3OCC(=O)Nc3cccc(C(F)(F)F)c3)c3sc(=O)[nH]c3S[C@H]42)cc1. The normalized spacial score (nSPS) is 26.8. The number of aryl methyl sites for hydroxylation is 1. The summed E-state index contributed by atoms with van der Waals surface area (Å²) < 4.78 is 45.6. The molecule has 3 amide bonds. The van der Waals surface area contributed by atoms with E-state index in [9.17, 15) is 32.3 Å². The molecule has 0 spiro atoms. The first kappa shape index (κ1) is 32.2. The quantitative estimate of drug-likeness (QED) is 0.205. The molecule has 8 nitrogen and oxygen atoms in total. The van der Waals surface area contributed by atoms with Gasteiger partial charge in [-0.05, 0) is 79.6 Å². The predicted octanol–water partition coefficient (Wildman–Crippen LogP) is 7.11. The molecule has 2 N–H and O–H groups in total. The fourth-order valence-electron chi connectivity index (χ4n) is 8.32. The van der Waals surface area contributed by atoms with Crippen LogP contribution in [0.5, 0.6) is 5.75 Å². The number of halogens is 4. The Balaban J connectivity index is 1.11. The van der Waals surface area contributed by atoms with Crippen LogP contribution in [-0.2, 0) is 20.6 Å². The Kier molecular flexibility index (Phi) is 7.72. The van der Waals surface area contributed by atoms with E-state index in [-0.39, 0.29) is 45.4 Å². The molecule has 2 aliphatic heterocycles. The number of nitrogens with zero attached hydrogens (tertiary/aromatic N) is 1. The average Bonchev–Trinajstić information content (AvgIpc) is 3.79. The summed E-state index contributed by atoms with van der Waals surface area (Å²) in [6, 6.07) is 16.6. The van der Waals surface area contributed by atoms with Crippen molar-refractivity contribution >= 4 is 63.8 Å². The molecule has 3 fully saturated rings. The number of ether oxygens (including phenoxy) is 1. The second-order valence-corrected chi connectivity index (χ2v) is 15.5. The Bertz CT molecular complexity index is 2080. The lowest BCUT2D eigenvalue weighted by molar-refractivity contribution is -0.137. The fraction of sp³-hybridized carbons (Fsp3) is 0.314. The van der Waals surface area contributed by atoms with Crippen molar-refractivity contribution in [1.82, 2.24) is 4.98 Å². The summed E-state index contributed by atoms with van der Waals surface area (Å²) >= 11 is 9.16. The van der Waals surface area contributed by atoms with Crippen molar-refractivity contribution in [2.45, 2.75) is 35.7 Å². The molecule has 0 unspecified atom stereocenters. The van der Waals surface area contributed by atoms with Gasteiger partial charge in [0.15, 0.2) is 6.61 Å². The third-order valence-corrected chi connectivity index (χ3v) is 13.0. The minimum absolute atomic E-state index is 0.0272. The van der Waals surface area contributed by atoms with Crippen molar-refractivity contribution in [2.75, 3.05) is 16.8 Å². The molecule has 1 aromatic heterocycles. The lowest BCUT2D eigenvalue weighted by Gasteiger charge is -2.43. The summed E-state index contributed by atoms with van der Waals surface area (Å²) in [5.41, 5.74) is 1.28. The van der Waals surface area contributed by atoms with Crippen LogP contribution in [0.1, 0.15) is 33.9 Å². The van der Waals surface area contributed by atoms with Gasteiger partial charge in [-0.2, -0.15) is 13.2 Å². The van der Waals surface area contributed by atoms with Crippen LogP contribution in [0.15, 0.2) is 76.6 Å². The van der Waals surface area contributed by atoms with E-state index in [1.165, 1.54) is 17.0 Å². The Hall–Kier alpha value is -4.07. The first-order valence-electron chi connectivity index (χ1n) is 15.6. The van der Waals surface area contributed by atoms with E-state index in [0.29, 0.717) is 33.5 Å². The lowest BCUT2D eigenvalue weighted by Crippen LogP contribution is -2.42. The fourth-order valence-corrected chi connectivity index (χ4v) is 11.4. The van der Waals surface area contributed by atoms with Gasteiger partial charge in [0, 0.05) is 32.3 Å². The van der Waals surface area contributed by atoms with Crippen LogP contribution in [0.4, 0.5) is 24.5 Å². The summed E-state index contributed by atoms with van der Waals surface area (Å²) in [5, 5.41) is 3.47. The molecule has 3 heterocycles. The average molecular weight is 726 g/mol. The number of amides is 3. The van der Waals surface area contributed by atoms with Crippen molar-refractivity contribution in [3.8, 4) is 5.75 Å². The van der Waals surface area contributed by atoms with Crippen LogP contribution in [0, 0.1) is 36.5 Å². The van der Waals surface area contributed by atoms with Gasteiger partial charge in [-0.15, -0.1) is 11.8 Å². The molecule has 252 valence electrons. The number of carbonyl (C=O) groups excluding carboxylic acids is 3. The van der Waals surface area contributed by atoms with E-state index in [4.69, 9.17) is 16.3 Å². The van der Waals surface area contributed by atoms with Gasteiger partial charge in [0.1, 0.15) is 5.75 Å². The number of H-pyrrole nitrogens is 1. The molecule has 14 heteroatoms. The standard InChI is InChI=1S/C35H27ClF3N3O5S2/c1-15-5-8-19(9-6-15)42-32(44)27-21-13-22(28(27)33(42)45)29-26(21)25(30-31(48-29)41-34(46)49-30)20-12-17(36)7-10-23(20)47-14-24(43)40-18-4-2-3-16(11-18)35(37,38)39/h2-12,21-22,25-29H,13-14H2,1H3,(H,40,43)(H,41,46)/t21-,22-,25+,26-,27+,28+,29-/m1/s1. The number of benzene rings is 3. The molecule has 8 rings (SSSR count). The lowest BCUT2D eigenvalue weighted by atomic mass is 9.68. The van der Waals surface area contributed by atoms with Crippen LogP contribution in [0.2, 0.25) is 5.02 Å². The Morgan fingerprint density at radius 1 is 1.02 bits per heavy atom. The minimum Gasteiger partial charge on any atom is -0.483 e. The van der Waals surface area contributed by atoms with Crippen molar-refractivity contribution in [2.24, 2.45) is 29.6 Å². The van der Waals surface area contributed by atoms with Gasteiger partial charge in [-0.25, -0.2) is 0 Å². The zero-order valence-electron chi connectivity index (χ0n) is 25.6. The largest absolute Gasteiger partial charge is 0.483 e. The maximum atomic E-state index is 14.1. The van der Waals surface area contributed by atoms with E-state index in [0.717, 1.165) is 33.9 Å². The molecule has 2 saturated carbocycles. The number of aromatic amines is 1. The van der Waals surface area contributed by atoms with Crippen LogP contribution in [0.3, 0.4) is 0 Å². The second-order valence-electron chi connectivity index (χ2n) is 12.9. The number of imide groups is 1. The number of aromatic nitrogens is 1. The summed E-state index contributed by atoms with van der Waals surface area (Å²) in [6.45, 7) is 1.43. The van der Waals surface area contributed by atoms with Crippen LogP contribution < -0.4 is 19.8 Å². The van der Waals surface area contributed by atoms with Crippen LogP contribution in [0.25, 0.3) is 0 Å². The summed E-state index contributed by atoms with van der Waals surface area (Å²) in [5.74, 6) is -2.57. The third kappa shape index (κ3) is 5.37. The summed E-state index contributed by atoms with van der Waals surface area (Å²) in [6.07, 6.45) is -3.88. The number of fused-ring (bicyclic) bond motifs is 9. The third-order valence-electron chi connectivity index (χ3n) is 10.2. The van der Waals surface area contributed by atoms with Gasteiger partial charge >= 0.3 is 11.0 Å². The maximum absolute atomic E-state index is 14.1. The van der Waals surface area contributed by atoms with Gasteiger partial charge in [0.2, 0.25) is 11.8 Å². The van der Waals surface area contributed by atoms with Gasteiger partial charge in [-0.1, -0.05) is 46.7 Å². The van der Waals surface area contributed by atoms with Crippen molar-refractivity contribution in [1.29, 1.82) is 0 Å². The number of alkyl halides is 3. The molecular formula is C35H27ClF3N3O5S2. The molecule has 49 heavy (non-hydrogen) atoms. The van der Waals surface area contributed by atoms with E-state index in [1.54, 1.807) is 42.1 Å². The molecule has 4 aromatic rings. The van der Waals surface area contributed by atoms with Gasteiger partial charge in [-0.3, -0.25) is 24.1 Å². The Labute approximate surface area is 291 Å². The van der Waals surface area contributed by atoms with Gasteiger partial charge < -0.3 is 15.0 Å². The number of carbonyl (C=O) groups is 3. The molecular weight excluding hydrogens is 699 g/mol. The topological polar surface area (TPSA) is 109 Å². The molecule has 3 aromatic carbocycles.